The first-order valence-electron chi connectivity index (χ1n) is 12.2. The summed E-state index contributed by atoms with van der Waals surface area (Å²) in [6, 6.07) is 18.6. The van der Waals surface area contributed by atoms with Crippen LogP contribution in [0.1, 0.15) is 53.5 Å². The third kappa shape index (κ3) is 5.84. The lowest BCUT2D eigenvalue weighted by Crippen LogP contribution is -2.18. The van der Waals surface area contributed by atoms with Gasteiger partial charge in [-0.05, 0) is 67.6 Å². The summed E-state index contributed by atoms with van der Waals surface area (Å²) in [6.07, 6.45) is 5.58. The highest BCUT2D eigenvalue weighted by Gasteiger charge is 2.25. The number of pyridine rings is 1. The molecule has 8 heteroatoms. The quantitative estimate of drug-likeness (QED) is 0.258. The lowest BCUT2D eigenvalue weighted by atomic mass is 10.0. The molecule has 186 valence electrons. The van der Waals surface area contributed by atoms with Crippen molar-refractivity contribution >= 4 is 17.3 Å². The van der Waals surface area contributed by atoms with Gasteiger partial charge in [-0.2, -0.15) is 5.10 Å². The van der Waals surface area contributed by atoms with Crippen LogP contribution in [0.15, 0.2) is 72.9 Å². The van der Waals surface area contributed by atoms with Crippen molar-refractivity contribution in [3.05, 3.63) is 107 Å². The number of hydrogen-bond acceptors (Lipinski definition) is 4. The Hall–Kier alpha value is -4.51. The van der Waals surface area contributed by atoms with E-state index in [-0.39, 0.29) is 17.5 Å². The molecule has 37 heavy (non-hydrogen) atoms. The summed E-state index contributed by atoms with van der Waals surface area (Å²) >= 11 is 0. The summed E-state index contributed by atoms with van der Waals surface area (Å²) in [4.78, 5) is 21.0. The summed E-state index contributed by atoms with van der Waals surface area (Å²) in [5.74, 6) is 0.150. The third-order valence-electron chi connectivity index (χ3n) is 6.31. The molecule has 2 heterocycles. The van der Waals surface area contributed by atoms with Gasteiger partial charge in [0.1, 0.15) is 17.6 Å². The van der Waals surface area contributed by atoms with Crippen LogP contribution >= 0.6 is 0 Å². The van der Waals surface area contributed by atoms with Crippen molar-refractivity contribution in [3.8, 4) is 11.6 Å². The number of benzene rings is 2. The van der Waals surface area contributed by atoms with Crippen molar-refractivity contribution < 1.29 is 13.9 Å². The van der Waals surface area contributed by atoms with E-state index in [1.807, 2.05) is 12.1 Å². The minimum Gasteiger partial charge on any atom is -0.469 e. The molecular formula is C29H26FN5O2. The number of anilines is 1. The maximum Gasteiger partial charge on any atom is 0.274 e. The molecule has 0 spiro atoms. The number of carbonyl (C=O) groups is 1. The highest BCUT2D eigenvalue weighted by atomic mass is 19.1. The van der Waals surface area contributed by atoms with Crippen LogP contribution in [0.4, 0.5) is 15.8 Å². The average Bonchev–Trinajstić information content (AvgIpc) is 3.67. The molecule has 1 amide bonds. The molecule has 0 radical (unpaired) electrons. The molecule has 5 rings (SSSR count). The van der Waals surface area contributed by atoms with Crippen molar-refractivity contribution in [1.82, 2.24) is 14.8 Å². The van der Waals surface area contributed by atoms with Crippen LogP contribution in [0.2, 0.25) is 0 Å². The van der Waals surface area contributed by atoms with Crippen LogP contribution in [0.5, 0.6) is 5.88 Å². The molecule has 1 unspecified atom stereocenters. The minimum atomic E-state index is -0.548. The van der Waals surface area contributed by atoms with Gasteiger partial charge in [0.05, 0.1) is 23.6 Å². The third-order valence-corrected chi connectivity index (χ3v) is 6.31. The van der Waals surface area contributed by atoms with Gasteiger partial charge in [0.25, 0.3) is 5.91 Å². The molecule has 1 aliphatic rings. The summed E-state index contributed by atoms with van der Waals surface area (Å²) in [6.45, 7) is 9.03. The maximum atomic E-state index is 14.9. The normalized spacial score (nSPS) is 13.5. The predicted molar refractivity (Wildman–Crippen MR) is 138 cm³/mol. The first-order valence-corrected chi connectivity index (χ1v) is 12.2. The number of hydrogen-bond donors (Lipinski definition) is 1. The van der Waals surface area contributed by atoms with Crippen LogP contribution in [0.3, 0.4) is 0 Å². The zero-order chi connectivity index (χ0) is 25.8. The van der Waals surface area contributed by atoms with Gasteiger partial charge in [-0.1, -0.05) is 37.1 Å². The summed E-state index contributed by atoms with van der Waals surface area (Å²) in [5, 5.41) is 7.12. The Kier molecular flexibility index (Phi) is 6.95. The largest absolute Gasteiger partial charge is 0.469 e. The average molecular weight is 496 g/mol. The SMILES string of the molecule is [C-]#[N+]c1cccc(-n2nc(C)cc2C(=O)Nc2cc(C(CCC3CC3)Oc3ccccn3)ccc2F)c1. The summed E-state index contributed by atoms with van der Waals surface area (Å²) in [5.41, 5.74) is 2.68. The van der Waals surface area contributed by atoms with Gasteiger partial charge in [-0.15, -0.1) is 0 Å². The Morgan fingerprint density at radius 3 is 2.81 bits per heavy atom. The van der Waals surface area contributed by atoms with Gasteiger partial charge in [-0.25, -0.2) is 18.9 Å². The number of rotatable bonds is 9. The predicted octanol–water partition coefficient (Wildman–Crippen LogP) is 6.83. The standard InChI is InChI=1S/C29H26FN5O2/c1-19-16-26(35(34-19)23-7-5-6-22(18-23)31-2)29(36)33-25-17-21(12-13-24(25)30)27(14-11-20-9-10-20)37-28-8-3-4-15-32-28/h3-8,12-13,15-18,20,27H,9-11,14H2,1H3,(H,33,36). The maximum absolute atomic E-state index is 14.9. The van der Waals surface area contributed by atoms with E-state index in [2.05, 4.69) is 20.2 Å². The Labute approximate surface area is 214 Å². The van der Waals surface area contributed by atoms with Crippen LogP contribution < -0.4 is 10.1 Å². The van der Waals surface area contributed by atoms with E-state index in [1.165, 1.54) is 23.6 Å². The number of aromatic nitrogens is 3. The molecule has 0 bridgehead atoms. The highest BCUT2D eigenvalue weighted by molar-refractivity contribution is 6.03. The minimum absolute atomic E-state index is 0.0591. The van der Waals surface area contributed by atoms with Gasteiger partial charge in [0.2, 0.25) is 5.88 Å². The topological polar surface area (TPSA) is 73.4 Å². The Morgan fingerprint density at radius 1 is 1.19 bits per heavy atom. The number of halogens is 1. The summed E-state index contributed by atoms with van der Waals surface area (Å²) < 4.78 is 22.5. The van der Waals surface area contributed by atoms with Crippen molar-refractivity contribution in [2.45, 2.75) is 38.7 Å². The summed E-state index contributed by atoms with van der Waals surface area (Å²) in [7, 11) is 0. The van der Waals surface area contributed by atoms with Gasteiger partial charge in [0.15, 0.2) is 5.69 Å². The number of ether oxygens (including phenoxy) is 1. The number of amides is 1. The zero-order valence-corrected chi connectivity index (χ0v) is 20.4. The van der Waals surface area contributed by atoms with Crippen molar-refractivity contribution in [2.75, 3.05) is 5.32 Å². The lowest BCUT2D eigenvalue weighted by molar-refractivity contribution is 0.101. The molecule has 1 aliphatic carbocycles. The van der Waals surface area contributed by atoms with Crippen molar-refractivity contribution in [3.63, 3.8) is 0 Å². The van der Waals surface area contributed by atoms with Crippen LogP contribution in [0, 0.1) is 25.2 Å². The van der Waals surface area contributed by atoms with Crippen LogP contribution in [-0.4, -0.2) is 20.7 Å². The second kappa shape index (κ2) is 10.6. The first kappa shape index (κ1) is 24.2. The number of nitrogens with one attached hydrogen (secondary N) is 1. The van der Waals surface area contributed by atoms with Crippen molar-refractivity contribution in [2.24, 2.45) is 5.92 Å². The lowest BCUT2D eigenvalue weighted by Gasteiger charge is -2.20. The first-order chi connectivity index (χ1) is 18.0. The van der Waals surface area contributed by atoms with E-state index in [4.69, 9.17) is 11.3 Å². The Balaban J connectivity index is 1.41. The molecule has 7 nitrogen and oxygen atoms in total. The van der Waals surface area contributed by atoms with E-state index < -0.39 is 11.7 Å². The molecule has 1 saturated carbocycles. The molecule has 2 aromatic heterocycles. The fraction of sp³-hybridized carbons (Fsp3) is 0.241. The molecule has 1 fully saturated rings. The highest BCUT2D eigenvalue weighted by Crippen LogP contribution is 2.37. The van der Waals surface area contributed by atoms with Gasteiger partial charge < -0.3 is 10.1 Å². The second-order valence-corrected chi connectivity index (χ2v) is 9.20. The molecule has 2 aromatic carbocycles. The smallest absolute Gasteiger partial charge is 0.274 e. The number of nitrogens with zero attached hydrogens (tertiary/aromatic N) is 4. The van der Waals surface area contributed by atoms with Crippen LogP contribution in [-0.2, 0) is 0 Å². The van der Waals surface area contributed by atoms with Gasteiger partial charge >= 0.3 is 0 Å². The fourth-order valence-electron chi connectivity index (χ4n) is 4.23. The molecule has 0 aliphatic heterocycles. The van der Waals surface area contributed by atoms with E-state index in [0.717, 1.165) is 18.4 Å². The molecule has 1 atom stereocenters. The second-order valence-electron chi connectivity index (χ2n) is 9.20. The zero-order valence-electron chi connectivity index (χ0n) is 20.4. The number of carbonyl (C=O) groups excluding carboxylic acids is 1. The van der Waals surface area contributed by atoms with E-state index in [0.29, 0.717) is 28.9 Å². The van der Waals surface area contributed by atoms with E-state index in [9.17, 15) is 9.18 Å². The van der Waals surface area contributed by atoms with Gasteiger partial charge in [0, 0.05) is 12.3 Å². The van der Waals surface area contributed by atoms with Gasteiger partial charge in [-0.3, -0.25) is 4.79 Å². The molecule has 1 N–H and O–H groups in total. The fourth-order valence-corrected chi connectivity index (χ4v) is 4.23. The monoisotopic (exact) mass is 495 g/mol. The molecule has 0 saturated heterocycles. The number of aryl methyl sites for hydroxylation is 1. The van der Waals surface area contributed by atoms with Crippen molar-refractivity contribution in [1.29, 1.82) is 0 Å². The molecule has 4 aromatic rings. The van der Waals surface area contributed by atoms with Crippen LogP contribution in [0.25, 0.3) is 10.5 Å². The van der Waals surface area contributed by atoms with E-state index in [1.54, 1.807) is 61.7 Å². The Bertz CT molecular complexity index is 1460. The molecular weight excluding hydrogens is 469 g/mol. The van der Waals surface area contributed by atoms with E-state index >= 15 is 0 Å². The Morgan fingerprint density at radius 2 is 2.05 bits per heavy atom.